The summed E-state index contributed by atoms with van der Waals surface area (Å²) in [5.41, 5.74) is 0.791. The number of carboxylic acids is 1. The van der Waals surface area contributed by atoms with E-state index < -0.39 is 17.9 Å². The highest BCUT2D eigenvalue weighted by atomic mass is 16.4. The Morgan fingerprint density at radius 1 is 1.39 bits per heavy atom. The monoisotopic (exact) mass is 253 g/mol. The molecule has 6 heteroatoms. The predicted octanol–water partition coefficient (Wildman–Crippen LogP) is 0.266. The minimum Gasteiger partial charge on any atom is -0.507 e. The molecule has 0 fully saturated rings. The number of rotatable bonds is 5. The molecule has 0 heterocycles. The zero-order chi connectivity index (χ0) is 13.7. The molecule has 6 nitrogen and oxygen atoms in total. The summed E-state index contributed by atoms with van der Waals surface area (Å²) in [6, 6.07) is 3.29. The van der Waals surface area contributed by atoms with E-state index in [2.05, 4.69) is 5.32 Å². The van der Waals surface area contributed by atoms with E-state index in [4.69, 9.17) is 10.2 Å². The molecule has 0 aliphatic carbocycles. The number of aliphatic hydroxyl groups is 1. The van der Waals surface area contributed by atoms with Crippen LogP contribution in [0.3, 0.4) is 0 Å². The Morgan fingerprint density at radius 3 is 2.56 bits per heavy atom. The number of carbonyl (C=O) groups excluding carboxylic acids is 1. The molecule has 0 aliphatic rings. The fraction of sp³-hybridized carbons (Fsp3) is 0.333. The number of nitrogens with one attached hydrogen (secondary N) is 1. The Balaban J connectivity index is 2.83. The fourth-order valence-electron chi connectivity index (χ4n) is 1.46. The van der Waals surface area contributed by atoms with Crippen LogP contribution in [0, 0.1) is 6.92 Å². The molecule has 0 radical (unpaired) electrons. The largest absolute Gasteiger partial charge is 0.507 e. The number of hydrogen-bond acceptors (Lipinski definition) is 4. The van der Waals surface area contributed by atoms with Gasteiger partial charge in [0.05, 0.1) is 5.56 Å². The van der Waals surface area contributed by atoms with Gasteiger partial charge in [-0.25, -0.2) is 4.79 Å². The molecule has 1 atom stereocenters. The number of aromatic hydroxyl groups is 1. The van der Waals surface area contributed by atoms with Crippen molar-refractivity contribution in [3.63, 3.8) is 0 Å². The number of aliphatic hydroxyl groups excluding tert-OH is 1. The lowest BCUT2D eigenvalue weighted by atomic mass is 10.1. The summed E-state index contributed by atoms with van der Waals surface area (Å²) >= 11 is 0. The van der Waals surface area contributed by atoms with E-state index in [0.717, 1.165) is 5.56 Å². The van der Waals surface area contributed by atoms with E-state index in [0.29, 0.717) is 0 Å². The molecule has 0 bridgehead atoms. The first-order valence-electron chi connectivity index (χ1n) is 5.40. The van der Waals surface area contributed by atoms with Gasteiger partial charge in [0.2, 0.25) is 0 Å². The molecule has 1 amide bonds. The van der Waals surface area contributed by atoms with Crippen LogP contribution in [0.15, 0.2) is 18.2 Å². The average molecular weight is 253 g/mol. The number of amides is 1. The van der Waals surface area contributed by atoms with E-state index in [1.54, 1.807) is 13.0 Å². The van der Waals surface area contributed by atoms with Crippen LogP contribution in [0.25, 0.3) is 0 Å². The second-order valence-corrected chi connectivity index (χ2v) is 3.90. The number of phenols is 1. The molecule has 0 saturated heterocycles. The summed E-state index contributed by atoms with van der Waals surface area (Å²) < 4.78 is 0. The summed E-state index contributed by atoms with van der Waals surface area (Å²) in [6.45, 7) is 1.41. The van der Waals surface area contributed by atoms with Crippen LogP contribution in [-0.2, 0) is 4.79 Å². The smallest absolute Gasteiger partial charge is 0.326 e. The van der Waals surface area contributed by atoms with Crippen LogP contribution in [-0.4, -0.2) is 39.8 Å². The molecule has 0 spiro atoms. The van der Waals surface area contributed by atoms with Gasteiger partial charge in [0.15, 0.2) is 0 Å². The lowest BCUT2D eigenvalue weighted by Crippen LogP contribution is -2.41. The third-order valence-electron chi connectivity index (χ3n) is 2.42. The summed E-state index contributed by atoms with van der Waals surface area (Å²) in [4.78, 5) is 22.6. The summed E-state index contributed by atoms with van der Waals surface area (Å²) in [5, 5.41) is 29.3. The van der Waals surface area contributed by atoms with Crippen molar-refractivity contribution in [2.24, 2.45) is 0 Å². The SMILES string of the molecule is Cc1ccc(C(=O)N[C@H](CCO)C(=O)O)c(O)c1. The van der Waals surface area contributed by atoms with Crippen molar-refractivity contribution < 1.29 is 24.9 Å². The first kappa shape index (κ1) is 14.0. The second kappa shape index (κ2) is 6.02. The minimum atomic E-state index is -1.23. The van der Waals surface area contributed by atoms with Crippen LogP contribution < -0.4 is 5.32 Å². The molecule has 0 unspecified atom stereocenters. The summed E-state index contributed by atoms with van der Waals surface area (Å²) in [5.74, 6) is -2.13. The van der Waals surface area contributed by atoms with Crippen molar-refractivity contribution in [1.82, 2.24) is 5.32 Å². The highest BCUT2D eigenvalue weighted by Gasteiger charge is 2.21. The highest BCUT2D eigenvalue weighted by molar-refractivity contribution is 5.98. The van der Waals surface area contributed by atoms with Crippen molar-refractivity contribution in [1.29, 1.82) is 0 Å². The lowest BCUT2D eigenvalue weighted by molar-refractivity contribution is -0.139. The maximum atomic E-state index is 11.8. The highest BCUT2D eigenvalue weighted by Crippen LogP contribution is 2.18. The van der Waals surface area contributed by atoms with Gasteiger partial charge in [-0.1, -0.05) is 6.07 Å². The number of carbonyl (C=O) groups is 2. The number of aryl methyl sites for hydroxylation is 1. The third-order valence-corrected chi connectivity index (χ3v) is 2.42. The fourth-order valence-corrected chi connectivity index (χ4v) is 1.46. The molecule has 1 rings (SSSR count). The second-order valence-electron chi connectivity index (χ2n) is 3.90. The normalized spacial score (nSPS) is 11.9. The van der Waals surface area contributed by atoms with E-state index >= 15 is 0 Å². The van der Waals surface area contributed by atoms with E-state index in [-0.39, 0.29) is 24.3 Å². The Bertz CT molecular complexity index is 458. The maximum absolute atomic E-state index is 11.8. The summed E-state index contributed by atoms with van der Waals surface area (Å²) in [6.07, 6.45) is -0.0896. The number of benzene rings is 1. The Labute approximate surface area is 104 Å². The third kappa shape index (κ3) is 3.46. The lowest BCUT2D eigenvalue weighted by Gasteiger charge is -2.13. The van der Waals surface area contributed by atoms with Crippen molar-refractivity contribution in [3.05, 3.63) is 29.3 Å². The molecule has 98 valence electrons. The van der Waals surface area contributed by atoms with Crippen molar-refractivity contribution in [3.8, 4) is 5.75 Å². The van der Waals surface area contributed by atoms with Crippen LogP contribution in [0.1, 0.15) is 22.3 Å². The van der Waals surface area contributed by atoms with Gasteiger partial charge in [0.25, 0.3) is 5.91 Å². The van der Waals surface area contributed by atoms with E-state index in [9.17, 15) is 14.7 Å². The molecule has 1 aromatic rings. The molecular formula is C12H15NO5. The Kier molecular flexibility index (Phi) is 4.67. The molecule has 0 aromatic heterocycles. The number of hydrogen-bond donors (Lipinski definition) is 4. The van der Waals surface area contributed by atoms with E-state index in [1.807, 2.05) is 0 Å². The average Bonchev–Trinajstić information content (AvgIpc) is 2.27. The topological polar surface area (TPSA) is 107 Å². The van der Waals surface area contributed by atoms with E-state index in [1.165, 1.54) is 12.1 Å². The molecule has 1 aromatic carbocycles. The number of aliphatic carboxylic acids is 1. The maximum Gasteiger partial charge on any atom is 0.326 e. The predicted molar refractivity (Wildman–Crippen MR) is 63.4 cm³/mol. The van der Waals surface area contributed by atoms with Gasteiger partial charge < -0.3 is 20.6 Å². The van der Waals surface area contributed by atoms with Crippen molar-refractivity contribution >= 4 is 11.9 Å². The van der Waals surface area contributed by atoms with Gasteiger partial charge >= 0.3 is 5.97 Å². The van der Waals surface area contributed by atoms with Crippen LogP contribution in [0.5, 0.6) is 5.75 Å². The Hall–Kier alpha value is -2.08. The molecule has 0 saturated carbocycles. The van der Waals surface area contributed by atoms with Gasteiger partial charge in [-0.3, -0.25) is 4.79 Å². The van der Waals surface area contributed by atoms with Gasteiger partial charge in [0, 0.05) is 13.0 Å². The zero-order valence-electron chi connectivity index (χ0n) is 9.88. The van der Waals surface area contributed by atoms with Gasteiger partial charge in [-0.05, 0) is 24.6 Å². The number of phenolic OH excluding ortho intramolecular Hbond substituents is 1. The van der Waals surface area contributed by atoms with Crippen LogP contribution >= 0.6 is 0 Å². The molecular weight excluding hydrogens is 238 g/mol. The van der Waals surface area contributed by atoms with Gasteiger partial charge in [-0.2, -0.15) is 0 Å². The quantitative estimate of drug-likeness (QED) is 0.602. The first-order valence-corrected chi connectivity index (χ1v) is 5.40. The van der Waals surface area contributed by atoms with Crippen LogP contribution in [0.2, 0.25) is 0 Å². The van der Waals surface area contributed by atoms with Gasteiger partial charge in [0.1, 0.15) is 11.8 Å². The number of carboxylic acid groups (broad SMARTS) is 1. The van der Waals surface area contributed by atoms with Crippen LogP contribution in [0.4, 0.5) is 0 Å². The zero-order valence-corrected chi connectivity index (χ0v) is 9.88. The molecule has 18 heavy (non-hydrogen) atoms. The summed E-state index contributed by atoms with van der Waals surface area (Å²) in [7, 11) is 0. The van der Waals surface area contributed by atoms with Gasteiger partial charge in [-0.15, -0.1) is 0 Å². The standard InChI is InChI=1S/C12H15NO5/c1-7-2-3-8(10(15)6-7)11(16)13-9(4-5-14)12(17)18/h2-3,6,9,14-15H,4-5H2,1H3,(H,13,16)(H,17,18)/t9-/m1/s1. The Morgan fingerprint density at radius 2 is 2.06 bits per heavy atom. The molecule has 0 aliphatic heterocycles. The first-order chi connectivity index (χ1) is 8.45. The molecule has 4 N–H and O–H groups in total. The van der Waals surface area contributed by atoms with Crippen molar-refractivity contribution in [2.75, 3.05) is 6.61 Å². The minimum absolute atomic E-state index is 0.00443. The van der Waals surface area contributed by atoms with Crippen molar-refractivity contribution in [2.45, 2.75) is 19.4 Å².